The molecule has 0 radical (unpaired) electrons. The molecule has 1 aromatic rings. The van der Waals surface area contributed by atoms with Gasteiger partial charge in [0.15, 0.2) is 6.10 Å². The fourth-order valence-electron chi connectivity index (χ4n) is 3.54. The second kappa shape index (κ2) is 8.18. The maximum absolute atomic E-state index is 12.0. The van der Waals surface area contributed by atoms with Crippen LogP contribution >= 0.6 is 0 Å². The molecule has 0 aliphatic carbocycles. The average Bonchev–Trinajstić information content (AvgIpc) is 2.93. The number of hydrogen-bond donors (Lipinski definition) is 2. The quantitative estimate of drug-likeness (QED) is 0.634. The number of carbonyl (C=O) groups excluding carboxylic acids is 1. The topological polar surface area (TPSA) is 108 Å². The highest BCUT2D eigenvalue weighted by Crippen LogP contribution is 2.36. The van der Waals surface area contributed by atoms with E-state index in [1.165, 1.54) is 0 Å². The second-order valence-corrected chi connectivity index (χ2v) is 8.77. The van der Waals surface area contributed by atoms with Gasteiger partial charge in [-0.1, -0.05) is 0 Å². The van der Waals surface area contributed by atoms with E-state index in [0.29, 0.717) is 19.0 Å². The van der Waals surface area contributed by atoms with Gasteiger partial charge in [-0.15, -0.1) is 0 Å². The van der Waals surface area contributed by atoms with Gasteiger partial charge in [-0.2, -0.15) is 0 Å². The van der Waals surface area contributed by atoms with Gasteiger partial charge in [0, 0.05) is 44.0 Å². The van der Waals surface area contributed by atoms with Crippen molar-refractivity contribution in [3.05, 3.63) is 12.4 Å². The first-order chi connectivity index (χ1) is 13.6. The molecular formula is C19H31BN4O5. The van der Waals surface area contributed by atoms with Crippen molar-refractivity contribution in [1.82, 2.24) is 14.9 Å². The number of piperidine rings is 1. The molecule has 29 heavy (non-hydrogen) atoms. The standard InChI is InChI=1S/C19H31BN4O5/c1-18(2)19(3,4)29-20(28-18)13-10-21-17(22-11-13)23(5)14-6-8-24(9-7-14)16(27)15(26)12-25/h10-11,14-15,25-26H,6-9,12H2,1-5H3/t15-/m1/s1. The number of amides is 1. The van der Waals surface area contributed by atoms with Crippen LogP contribution < -0.4 is 10.4 Å². The lowest BCUT2D eigenvalue weighted by Crippen LogP contribution is -2.49. The van der Waals surface area contributed by atoms with E-state index in [0.717, 1.165) is 18.3 Å². The van der Waals surface area contributed by atoms with Crippen molar-refractivity contribution in [1.29, 1.82) is 0 Å². The number of rotatable bonds is 5. The van der Waals surface area contributed by atoms with E-state index in [1.807, 2.05) is 39.6 Å². The Bertz CT molecular complexity index is 706. The molecule has 0 spiro atoms. The number of aliphatic hydroxyl groups excluding tert-OH is 2. The lowest BCUT2D eigenvalue weighted by atomic mass is 9.81. The lowest BCUT2D eigenvalue weighted by Gasteiger charge is -2.37. The van der Waals surface area contributed by atoms with E-state index < -0.39 is 36.9 Å². The molecule has 3 rings (SSSR count). The van der Waals surface area contributed by atoms with Gasteiger partial charge in [0.1, 0.15) is 0 Å². The number of aliphatic hydroxyl groups is 2. The zero-order valence-electron chi connectivity index (χ0n) is 17.8. The van der Waals surface area contributed by atoms with Crippen molar-refractivity contribution in [2.45, 2.75) is 63.9 Å². The number of likely N-dealkylation sites (tertiary alicyclic amines) is 1. The third-order valence-corrected chi connectivity index (χ3v) is 6.28. The van der Waals surface area contributed by atoms with Crippen molar-refractivity contribution in [2.75, 3.05) is 31.6 Å². The summed E-state index contributed by atoms with van der Waals surface area (Å²) in [6.07, 6.45) is 3.61. The van der Waals surface area contributed by atoms with Crippen molar-refractivity contribution >= 4 is 24.4 Å². The summed E-state index contributed by atoms with van der Waals surface area (Å²) < 4.78 is 12.1. The highest BCUT2D eigenvalue weighted by Gasteiger charge is 2.52. The molecule has 1 atom stereocenters. The molecule has 0 bridgehead atoms. The number of aromatic nitrogens is 2. The Morgan fingerprint density at radius 1 is 1.24 bits per heavy atom. The molecule has 0 saturated carbocycles. The summed E-state index contributed by atoms with van der Waals surface area (Å²) in [6, 6.07) is 0.188. The third-order valence-electron chi connectivity index (χ3n) is 6.28. The maximum Gasteiger partial charge on any atom is 0.498 e. The van der Waals surface area contributed by atoms with E-state index in [9.17, 15) is 9.90 Å². The van der Waals surface area contributed by atoms with E-state index >= 15 is 0 Å². The first kappa shape index (κ1) is 22.0. The Balaban J connectivity index is 1.59. The van der Waals surface area contributed by atoms with Gasteiger partial charge in [-0.3, -0.25) is 4.79 Å². The molecule has 160 valence electrons. The average molecular weight is 406 g/mol. The van der Waals surface area contributed by atoms with Gasteiger partial charge in [-0.25, -0.2) is 9.97 Å². The SMILES string of the molecule is CN(c1ncc(B2OC(C)(C)C(C)(C)O2)cn1)C1CCN(C(=O)[C@H](O)CO)CC1. The maximum atomic E-state index is 12.0. The molecule has 10 heteroatoms. The first-order valence-corrected chi connectivity index (χ1v) is 10.0. The predicted octanol–water partition coefficient (Wildman–Crippen LogP) is -0.444. The van der Waals surface area contributed by atoms with Crippen LogP contribution in [0.15, 0.2) is 12.4 Å². The van der Waals surface area contributed by atoms with E-state index in [-0.39, 0.29) is 6.04 Å². The van der Waals surface area contributed by atoms with E-state index in [2.05, 4.69) is 9.97 Å². The number of nitrogens with zero attached hydrogens (tertiary/aromatic N) is 4. The predicted molar refractivity (Wildman–Crippen MR) is 109 cm³/mol. The summed E-state index contributed by atoms with van der Waals surface area (Å²) in [4.78, 5) is 24.6. The third kappa shape index (κ3) is 4.40. The summed E-state index contributed by atoms with van der Waals surface area (Å²) in [5, 5.41) is 18.5. The van der Waals surface area contributed by atoms with Crippen LogP contribution in [0.3, 0.4) is 0 Å². The molecule has 2 N–H and O–H groups in total. The lowest BCUT2D eigenvalue weighted by molar-refractivity contribution is -0.143. The fraction of sp³-hybridized carbons (Fsp3) is 0.737. The van der Waals surface area contributed by atoms with Crippen LogP contribution in [0.4, 0.5) is 5.95 Å². The zero-order valence-corrected chi connectivity index (χ0v) is 17.8. The summed E-state index contributed by atoms with van der Waals surface area (Å²) >= 11 is 0. The van der Waals surface area contributed by atoms with Crippen LogP contribution in [0, 0.1) is 0 Å². The molecule has 1 amide bonds. The number of carbonyl (C=O) groups is 1. The molecule has 3 heterocycles. The van der Waals surface area contributed by atoms with Crippen LogP contribution in [-0.4, -0.2) is 88.2 Å². The Morgan fingerprint density at radius 2 is 1.76 bits per heavy atom. The minimum atomic E-state index is -1.34. The van der Waals surface area contributed by atoms with Crippen LogP contribution in [0.25, 0.3) is 0 Å². The van der Waals surface area contributed by atoms with Gasteiger partial charge in [0.25, 0.3) is 5.91 Å². The summed E-state index contributed by atoms with van der Waals surface area (Å²) in [5.41, 5.74) is -0.0520. The van der Waals surface area contributed by atoms with Crippen molar-refractivity contribution in [2.24, 2.45) is 0 Å². The monoisotopic (exact) mass is 406 g/mol. The molecular weight excluding hydrogens is 375 g/mol. The Kier molecular flexibility index (Phi) is 6.19. The molecule has 0 aromatic carbocycles. The Morgan fingerprint density at radius 3 is 2.24 bits per heavy atom. The van der Waals surface area contributed by atoms with E-state index in [4.69, 9.17) is 14.4 Å². The highest BCUT2D eigenvalue weighted by atomic mass is 16.7. The van der Waals surface area contributed by atoms with Gasteiger partial charge < -0.3 is 29.3 Å². The van der Waals surface area contributed by atoms with Gasteiger partial charge in [0.2, 0.25) is 5.95 Å². The normalized spacial score (nSPS) is 22.6. The largest absolute Gasteiger partial charge is 0.498 e. The van der Waals surface area contributed by atoms with Crippen LogP contribution in [0.1, 0.15) is 40.5 Å². The second-order valence-electron chi connectivity index (χ2n) is 8.77. The molecule has 2 saturated heterocycles. The van der Waals surface area contributed by atoms with Gasteiger partial charge in [-0.05, 0) is 40.5 Å². The number of anilines is 1. The molecule has 0 unspecified atom stereocenters. The molecule has 2 fully saturated rings. The van der Waals surface area contributed by atoms with Crippen molar-refractivity contribution in [3.63, 3.8) is 0 Å². The Hall–Kier alpha value is -1.75. The zero-order chi connectivity index (χ0) is 21.4. The highest BCUT2D eigenvalue weighted by molar-refractivity contribution is 6.61. The summed E-state index contributed by atoms with van der Waals surface area (Å²) in [5.74, 6) is 0.182. The molecule has 1 aromatic heterocycles. The van der Waals surface area contributed by atoms with Crippen LogP contribution in [0.5, 0.6) is 0 Å². The summed E-state index contributed by atoms with van der Waals surface area (Å²) in [6.45, 7) is 8.52. The molecule has 2 aliphatic rings. The van der Waals surface area contributed by atoms with E-state index in [1.54, 1.807) is 17.3 Å². The van der Waals surface area contributed by atoms with Crippen molar-refractivity contribution in [3.8, 4) is 0 Å². The fourth-order valence-corrected chi connectivity index (χ4v) is 3.54. The van der Waals surface area contributed by atoms with Gasteiger partial charge >= 0.3 is 7.12 Å². The summed E-state index contributed by atoms with van der Waals surface area (Å²) in [7, 11) is 1.45. The first-order valence-electron chi connectivity index (χ1n) is 10.0. The van der Waals surface area contributed by atoms with Gasteiger partial charge in [0.05, 0.1) is 17.8 Å². The van der Waals surface area contributed by atoms with Crippen LogP contribution in [0.2, 0.25) is 0 Å². The van der Waals surface area contributed by atoms with Crippen molar-refractivity contribution < 1.29 is 24.3 Å². The molecule has 2 aliphatic heterocycles. The number of hydrogen-bond acceptors (Lipinski definition) is 8. The minimum Gasteiger partial charge on any atom is -0.399 e. The smallest absolute Gasteiger partial charge is 0.399 e. The van der Waals surface area contributed by atoms with Crippen LogP contribution in [-0.2, 0) is 14.1 Å². The Labute approximate surface area is 172 Å². The minimum absolute atomic E-state index is 0.188. The molecule has 9 nitrogen and oxygen atoms in total.